The van der Waals surface area contributed by atoms with Crippen LogP contribution in [0.3, 0.4) is 0 Å². The summed E-state index contributed by atoms with van der Waals surface area (Å²) in [5.41, 5.74) is 0.914. The number of phenols is 1. The smallest absolute Gasteiger partial charge is 0.319 e. The Bertz CT molecular complexity index is 1990. The van der Waals surface area contributed by atoms with Gasteiger partial charge in [0.15, 0.2) is 5.82 Å². The second-order valence-electron chi connectivity index (χ2n) is 13.5. The van der Waals surface area contributed by atoms with Gasteiger partial charge in [-0.05, 0) is 73.7 Å². The number of aryl methyl sites for hydroxylation is 1. The molecular formula is C35H35F2N5O3. The maximum atomic E-state index is 17.3. The Morgan fingerprint density at radius 3 is 2.76 bits per heavy atom. The lowest BCUT2D eigenvalue weighted by Gasteiger charge is -2.35. The number of ether oxygens (including phenoxy) is 1. The molecule has 2 bridgehead atoms. The number of aromatic hydroxyl groups is 1. The summed E-state index contributed by atoms with van der Waals surface area (Å²) in [6, 6.07) is 13.5. The molecule has 0 amide bonds. The van der Waals surface area contributed by atoms with Crippen molar-refractivity contribution in [3.8, 4) is 22.9 Å². The first-order valence-electron chi connectivity index (χ1n) is 16.0. The number of aromatic nitrogens is 2. The van der Waals surface area contributed by atoms with E-state index in [0.717, 1.165) is 61.5 Å². The third-order valence-corrected chi connectivity index (χ3v) is 10.5. The summed E-state index contributed by atoms with van der Waals surface area (Å²) >= 11 is 0. The van der Waals surface area contributed by atoms with Crippen LogP contribution < -0.4 is 15.0 Å². The van der Waals surface area contributed by atoms with Crippen LogP contribution in [0, 0.1) is 12.7 Å². The number of nitrogens with one attached hydrogen (secondary N) is 1. The Kier molecular flexibility index (Phi) is 6.06. The molecule has 4 fully saturated rings. The standard InChI is InChI=1S/C35H35F2N5O3/c1-19-11-27-29-31(30(37)28(32(27)45-19)26-13-24(43)12-20-5-2-3-6-25(20)26)39-34(40-33(29)41-16-22-7-8-23(17-41)38-22)44-18-35-9-4-10-42(35)15-21(36)14-35/h2-3,5-6,11-13,21-23,38,43H,4,7-10,14-18H2,1H3/t21-,22-,23+,35+/m1/s1. The third kappa shape index (κ3) is 4.29. The van der Waals surface area contributed by atoms with E-state index in [-0.39, 0.29) is 35.0 Å². The number of furan rings is 1. The van der Waals surface area contributed by atoms with Gasteiger partial charge in [0.1, 0.15) is 41.2 Å². The Morgan fingerprint density at radius 1 is 1.09 bits per heavy atom. The van der Waals surface area contributed by atoms with Crippen LogP contribution in [0.25, 0.3) is 43.8 Å². The Hall–Kier alpha value is -4.02. The van der Waals surface area contributed by atoms with Crippen molar-refractivity contribution >= 4 is 38.5 Å². The summed E-state index contributed by atoms with van der Waals surface area (Å²) < 4.78 is 44.4. The van der Waals surface area contributed by atoms with Gasteiger partial charge in [-0.1, -0.05) is 24.3 Å². The zero-order valence-electron chi connectivity index (χ0n) is 25.2. The molecular weight excluding hydrogens is 576 g/mol. The minimum absolute atomic E-state index is 0.0337. The summed E-state index contributed by atoms with van der Waals surface area (Å²) in [4.78, 5) is 14.2. The Labute approximate surface area is 259 Å². The van der Waals surface area contributed by atoms with Gasteiger partial charge in [-0.2, -0.15) is 9.97 Å². The topological polar surface area (TPSA) is 86.9 Å². The van der Waals surface area contributed by atoms with Crippen molar-refractivity contribution in [2.45, 2.75) is 62.8 Å². The molecule has 0 unspecified atom stereocenters. The van der Waals surface area contributed by atoms with Crippen molar-refractivity contribution in [2.75, 3.05) is 37.7 Å². The van der Waals surface area contributed by atoms with Crippen LogP contribution in [-0.2, 0) is 0 Å². The van der Waals surface area contributed by atoms with E-state index in [0.29, 0.717) is 53.2 Å². The predicted molar refractivity (Wildman–Crippen MR) is 169 cm³/mol. The average molecular weight is 612 g/mol. The van der Waals surface area contributed by atoms with Crippen molar-refractivity contribution in [1.82, 2.24) is 20.2 Å². The number of halogens is 2. The normalized spacial score (nSPS) is 26.5. The maximum Gasteiger partial charge on any atom is 0.319 e. The van der Waals surface area contributed by atoms with Crippen LogP contribution in [0.1, 0.15) is 37.9 Å². The molecule has 0 saturated carbocycles. The molecule has 10 heteroatoms. The van der Waals surface area contributed by atoms with E-state index in [9.17, 15) is 9.50 Å². The van der Waals surface area contributed by atoms with Gasteiger partial charge in [-0.3, -0.25) is 4.90 Å². The fourth-order valence-corrected chi connectivity index (χ4v) is 8.59. The number of alkyl halides is 1. The number of benzene rings is 3. The van der Waals surface area contributed by atoms with Gasteiger partial charge in [-0.15, -0.1) is 0 Å². The van der Waals surface area contributed by atoms with E-state index in [4.69, 9.17) is 19.1 Å². The van der Waals surface area contributed by atoms with E-state index >= 15 is 4.39 Å². The number of anilines is 1. The molecule has 4 aliphatic heterocycles. The monoisotopic (exact) mass is 611 g/mol. The zero-order valence-corrected chi connectivity index (χ0v) is 25.2. The quantitative estimate of drug-likeness (QED) is 0.242. The largest absolute Gasteiger partial charge is 0.508 e. The van der Waals surface area contributed by atoms with E-state index in [1.165, 1.54) is 0 Å². The highest BCUT2D eigenvalue weighted by Gasteiger charge is 2.49. The van der Waals surface area contributed by atoms with Gasteiger partial charge in [0.05, 0.1) is 16.5 Å². The first kappa shape index (κ1) is 27.3. The molecule has 3 aromatic carbocycles. The summed E-state index contributed by atoms with van der Waals surface area (Å²) in [7, 11) is 0. The highest BCUT2D eigenvalue weighted by Crippen LogP contribution is 2.46. The minimum Gasteiger partial charge on any atom is -0.508 e. The number of piperazine rings is 1. The lowest BCUT2D eigenvalue weighted by atomic mass is 9.94. The minimum atomic E-state index is -0.881. The molecule has 4 saturated heterocycles. The molecule has 2 N–H and O–H groups in total. The number of hydrogen-bond donors (Lipinski definition) is 2. The van der Waals surface area contributed by atoms with Crippen molar-refractivity contribution in [2.24, 2.45) is 0 Å². The van der Waals surface area contributed by atoms with Gasteiger partial charge >= 0.3 is 6.01 Å². The van der Waals surface area contributed by atoms with Gasteiger partial charge in [0, 0.05) is 43.5 Å². The van der Waals surface area contributed by atoms with Crippen LogP contribution in [0.4, 0.5) is 14.6 Å². The molecule has 5 aromatic rings. The number of fused-ring (bicyclic) bond motifs is 7. The van der Waals surface area contributed by atoms with Gasteiger partial charge < -0.3 is 24.5 Å². The fraction of sp³-hybridized carbons (Fsp3) is 0.429. The van der Waals surface area contributed by atoms with Crippen molar-refractivity contribution in [3.63, 3.8) is 0 Å². The van der Waals surface area contributed by atoms with Crippen LogP contribution in [-0.4, -0.2) is 76.6 Å². The third-order valence-electron chi connectivity index (χ3n) is 10.5. The van der Waals surface area contributed by atoms with Gasteiger partial charge in [0.2, 0.25) is 0 Å². The molecule has 0 radical (unpaired) electrons. The molecule has 6 heterocycles. The molecule has 4 aliphatic rings. The van der Waals surface area contributed by atoms with Crippen molar-refractivity contribution in [3.05, 3.63) is 54.0 Å². The second kappa shape index (κ2) is 9.99. The number of rotatable bonds is 5. The molecule has 45 heavy (non-hydrogen) atoms. The van der Waals surface area contributed by atoms with Crippen LogP contribution in [0.5, 0.6) is 11.8 Å². The van der Waals surface area contributed by atoms with E-state index < -0.39 is 12.0 Å². The predicted octanol–water partition coefficient (Wildman–Crippen LogP) is 6.25. The van der Waals surface area contributed by atoms with E-state index in [2.05, 4.69) is 15.1 Å². The summed E-state index contributed by atoms with van der Waals surface area (Å²) in [5, 5.41) is 17.3. The maximum absolute atomic E-state index is 17.3. The molecule has 9 rings (SSSR count). The molecule has 0 aliphatic carbocycles. The first-order valence-corrected chi connectivity index (χ1v) is 16.0. The van der Waals surface area contributed by atoms with Crippen LogP contribution >= 0.6 is 0 Å². The number of nitrogens with zero attached hydrogens (tertiary/aromatic N) is 4. The van der Waals surface area contributed by atoms with E-state index in [1.54, 1.807) is 12.1 Å². The first-order chi connectivity index (χ1) is 21.8. The Balaban J connectivity index is 1.27. The summed E-state index contributed by atoms with van der Waals surface area (Å²) in [6.45, 7) is 4.85. The van der Waals surface area contributed by atoms with Crippen LogP contribution in [0.15, 0.2) is 46.9 Å². The van der Waals surface area contributed by atoms with Crippen LogP contribution in [0.2, 0.25) is 0 Å². The number of hydrogen-bond acceptors (Lipinski definition) is 8. The molecule has 232 valence electrons. The molecule has 2 aromatic heterocycles. The highest BCUT2D eigenvalue weighted by molar-refractivity contribution is 6.17. The lowest BCUT2D eigenvalue weighted by Crippen LogP contribution is -2.51. The SMILES string of the molecule is Cc1cc2c(o1)c(-c1cc(O)cc3ccccc13)c(F)c1nc(OC[C@@]34CCCN3C[C@H](F)C4)nc(N3C[C@H]4CC[C@@H](C3)N4)c12. The van der Waals surface area contributed by atoms with Gasteiger partial charge in [-0.25, -0.2) is 8.78 Å². The summed E-state index contributed by atoms with van der Waals surface area (Å²) in [6.07, 6.45) is 3.56. The van der Waals surface area contributed by atoms with E-state index in [1.807, 2.05) is 37.3 Å². The second-order valence-corrected chi connectivity index (χ2v) is 13.5. The fourth-order valence-electron chi connectivity index (χ4n) is 8.59. The lowest BCUT2D eigenvalue weighted by molar-refractivity contribution is 0.107. The highest BCUT2D eigenvalue weighted by atomic mass is 19.1. The van der Waals surface area contributed by atoms with Crippen molar-refractivity contribution in [1.29, 1.82) is 0 Å². The average Bonchev–Trinajstić information content (AvgIpc) is 3.77. The molecule has 4 atom stereocenters. The zero-order chi connectivity index (χ0) is 30.4. The molecule has 0 spiro atoms. The Morgan fingerprint density at radius 2 is 1.91 bits per heavy atom. The summed E-state index contributed by atoms with van der Waals surface area (Å²) in [5.74, 6) is 0.740. The van der Waals surface area contributed by atoms with Gasteiger partial charge in [0.25, 0.3) is 0 Å². The van der Waals surface area contributed by atoms with Crippen molar-refractivity contribution < 1.29 is 23.0 Å². The molecule has 8 nitrogen and oxygen atoms in total. The number of phenolic OH excluding ortho intramolecular Hbond substituents is 1.